The molecule has 0 aliphatic rings. The lowest BCUT2D eigenvalue weighted by atomic mass is 10.1. The van der Waals surface area contributed by atoms with Crippen LogP contribution in [-0.4, -0.2) is 27.2 Å². The fraction of sp³-hybridized carbons (Fsp3) is 0.318. The van der Waals surface area contributed by atoms with E-state index in [1.807, 2.05) is 22.9 Å². The standard InChI is InChI=1S/C22H24N4O2S/c1-13(2)26-21-19(12-24-26)18(22(27)23-8-7-16-6-5-9-28-16)11-20(25-21)17-10-14(3)29-15(17)4/h5-6,9-13H,7-8H2,1-4H3,(H,23,27). The van der Waals surface area contributed by atoms with Gasteiger partial charge in [0.1, 0.15) is 5.76 Å². The molecule has 0 fully saturated rings. The summed E-state index contributed by atoms with van der Waals surface area (Å²) in [5, 5.41) is 8.25. The highest BCUT2D eigenvalue weighted by molar-refractivity contribution is 7.12. The van der Waals surface area contributed by atoms with Crippen molar-refractivity contribution in [1.82, 2.24) is 20.1 Å². The van der Waals surface area contributed by atoms with E-state index in [9.17, 15) is 4.79 Å². The summed E-state index contributed by atoms with van der Waals surface area (Å²) in [5.41, 5.74) is 3.20. The summed E-state index contributed by atoms with van der Waals surface area (Å²) in [6.07, 6.45) is 4.02. The number of hydrogen-bond acceptors (Lipinski definition) is 5. The van der Waals surface area contributed by atoms with E-state index >= 15 is 0 Å². The minimum absolute atomic E-state index is 0.127. The van der Waals surface area contributed by atoms with Crippen molar-refractivity contribution in [3.8, 4) is 11.3 Å². The van der Waals surface area contributed by atoms with E-state index in [1.165, 1.54) is 9.75 Å². The Morgan fingerprint density at radius 2 is 2.14 bits per heavy atom. The second kappa shape index (κ2) is 7.83. The summed E-state index contributed by atoms with van der Waals surface area (Å²) in [6, 6.07) is 7.91. The Morgan fingerprint density at radius 1 is 1.31 bits per heavy atom. The minimum atomic E-state index is -0.127. The van der Waals surface area contributed by atoms with Gasteiger partial charge in [0.05, 0.1) is 29.1 Å². The number of thiophene rings is 1. The van der Waals surface area contributed by atoms with Gasteiger partial charge in [0.15, 0.2) is 5.65 Å². The highest BCUT2D eigenvalue weighted by atomic mass is 32.1. The van der Waals surface area contributed by atoms with Gasteiger partial charge in [-0.3, -0.25) is 4.79 Å². The van der Waals surface area contributed by atoms with Gasteiger partial charge >= 0.3 is 0 Å². The van der Waals surface area contributed by atoms with E-state index in [0.29, 0.717) is 18.5 Å². The summed E-state index contributed by atoms with van der Waals surface area (Å²) in [4.78, 5) is 20.3. The first-order valence-electron chi connectivity index (χ1n) is 9.70. The number of furan rings is 1. The van der Waals surface area contributed by atoms with Crippen molar-refractivity contribution in [2.75, 3.05) is 6.54 Å². The van der Waals surface area contributed by atoms with Gasteiger partial charge in [-0.2, -0.15) is 5.10 Å². The third kappa shape index (κ3) is 3.82. The quantitative estimate of drug-likeness (QED) is 0.491. The lowest BCUT2D eigenvalue weighted by molar-refractivity contribution is 0.0955. The molecule has 0 atom stereocenters. The van der Waals surface area contributed by atoms with E-state index in [1.54, 1.807) is 23.8 Å². The first-order valence-corrected chi connectivity index (χ1v) is 10.5. The smallest absolute Gasteiger partial charge is 0.252 e. The predicted octanol–water partition coefficient (Wildman–Crippen LogP) is 4.92. The number of amides is 1. The van der Waals surface area contributed by atoms with Crippen LogP contribution >= 0.6 is 11.3 Å². The summed E-state index contributed by atoms with van der Waals surface area (Å²) >= 11 is 1.74. The van der Waals surface area contributed by atoms with Crippen molar-refractivity contribution in [3.63, 3.8) is 0 Å². The number of rotatable bonds is 6. The van der Waals surface area contributed by atoms with Gasteiger partial charge < -0.3 is 9.73 Å². The number of aryl methyl sites for hydroxylation is 2. The maximum absolute atomic E-state index is 13.0. The molecule has 7 heteroatoms. The van der Waals surface area contributed by atoms with Crippen LogP contribution in [0.3, 0.4) is 0 Å². The largest absolute Gasteiger partial charge is 0.469 e. The van der Waals surface area contributed by atoms with Crippen LogP contribution in [0.15, 0.2) is 41.1 Å². The molecule has 150 valence electrons. The molecule has 1 N–H and O–H groups in total. The number of carbonyl (C=O) groups is 1. The Morgan fingerprint density at radius 3 is 2.79 bits per heavy atom. The molecule has 4 aromatic rings. The maximum Gasteiger partial charge on any atom is 0.252 e. The normalized spacial score (nSPS) is 11.5. The van der Waals surface area contributed by atoms with Crippen molar-refractivity contribution in [2.45, 2.75) is 40.2 Å². The molecule has 29 heavy (non-hydrogen) atoms. The van der Waals surface area contributed by atoms with E-state index < -0.39 is 0 Å². The molecule has 0 radical (unpaired) electrons. The van der Waals surface area contributed by atoms with Crippen molar-refractivity contribution >= 4 is 28.3 Å². The van der Waals surface area contributed by atoms with E-state index in [2.05, 4.69) is 44.2 Å². The van der Waals surface area contributed by atoms with Crippen LogP contribution in [0, 0.1) is 13.8 Å². The first-order chi connectivity index (χ1) is 13.9. The van der Waals surface area contributed by atoms with Gasteiger partial charge in [-0.05, 0) is 52.0 Å². The fourth-order valence-electron chi connectivity index (χ4n) is 3.46. The van der Waals surface area contributed by atoms with Gasteiger partial charge in [-0.15, -0.1) is 11.3 Å². The number of aromatic nitrogens is 3. The van der Waals surface area contributed by atoms with Crippen LogP contribution in [0.25, 0.3) is 22.3 Å². The molecule has 0 saturated heterocycles. The SMILES string of the molecule is Cc1cc(-c2cc(C(=O)NCCc3ccco3)c3cnn(C(C)C)c3n2)c(C)s1. The summed E-state index contributed by atoms with van der Waals surface area (Å²) < 4.78 is 7.21. The molecule has 0 saturated carbocycles. The average Bonchev–Trinajstić information content (AvgIpc) is 3.40. The molecular formula is C22H24N4O2S. The summed E-state index contributed by atoms with van der Waals surface area (Å²) in [5.74, 6) is 0.723. The number of nitrogens with zero attached hydrogens (tertiary/aromatic N) is 3. The Kier molecular flexibility index (Phi) is 5.24. The molecule has 4 aromatic heterocycles. The van der Waals surface area contributed by atoms with Crippen LogP contribution in [-0.2, 0) is 6.42 Å². The van der Waals surface area contributed by atoms with Crippen molar-refractivity contribution in [3.05, 3.63) is 57.8 Å². The van der Waals surface area contributed by atoms with Gasteiger partial charge in [0.25, 0.3) is 5.91 Å². The fourth-order valence-corrected chi connectivity index (χ4v) is 4.39. The molecule has 0 aliphatic heterocycles. The lowest BCUT2D eigenvalue weighted by Crippen LogP contribution is -2.26. The number of pyridine rings is 1. The van der Waals surface area contributed by atoms with Crippen molar-refractivity contribution in [1.29, 1.82) is 0 Å². The van der Waals surface area contributed by atoms with Crippen molar-refractivity contribution < 1.29 is 9.21 Å². The molecule has 4 heterocycles. The highest BCUT2D eigenvalue weighted by Gasteiger charge is 2.19. The van der Waals surface area contributed by atoms with Crippen LogP contribution < -0.4 is 5.32 Å². The second-order valence-corrected chi connectivity index (χ2v) is 8.85. The monoisotopic (exact) mass is 408 g/mol. The Bertz CT molecular complexity index is 1160. The first kappa shape index (κ1) is 19.4. The maximum atomic E-state index is 13.0. The third-order valence-electron chi connectivity index (χ3n) is 4.85. The molecule has 0 unspecified atom stereocenters. The highest BCUT2D eigenvalue weighted by Crippen LogP contribution is 2.32. The molecular weight excluding hydrogens is 384 g/mol. The van der Waals surface area contributed by atoms with Crippen LogP contribution in [0.2, 0.25) is 0 Å². The molecule has 4 rings (SSSR count). The molecule has 0 bridgehead atoms. The van der Waals surface area contributed by atoms with Crippen LogP contribution in [0.5, 0.6) is 0 Å². The number of hydrogen-bond donors (Lipinski definition) is 1. The Hall–Kier alpha value is -2.93. The minimum Gasteiger partial charge on any atom is -0.469 e. The van der Waals surface area contributed by atoms with E-state index in [-0.39, 0.29) is 11.9 Å². The van der Waals surface area contributed by atoms with Gasteiger partial charge in [-0.25, -0.2) is 9.67 Å². The van der Waals surface area contributed by atoms with Crippen LogP contribution in [0.1, 0.15) is 45.8 Å². The Balaban J connectivity index is 1.73. The summed E-state index contributed by atoms with van der Waals surface area (Å²) in [6.45, 7) is 8.79. The topological polar surface area (TPSA) is 73.0 Å². The van der Waals surface area contributed by atoms with E-state index in [4.69, 9.17) is 9.40 Å². The lowest BCUT2D eigenvalue weighted by Gasteiger charge is -2.11. The number of carbonyl (C=O) groups excluding carboxylic acids is 1. The van der Waals surface area contributed by atoms with Gasteiger partial charge in [0, 0.05) is 34.3 Å². The molecule has 0 aliphatic carbocycles. The average molecular weight is 409 g/mol. The van der Waals surface area contributed by atoms with Crippen molar-refractivity contribution in [2.24, 2.45) is 0 Å². The zero-order valence-electron chi connectivity index (χ0n) is 17.0. The third-order valence-corrected chi connectivity index (χ3v) is 5.82. The van der Waals surface area contributed by atoms with Gasteiger partial charge in [0.2, 0.25) is 0 Å². The predicted molar refractivity (Wildman–Crippen MR) is 115 cm³/mol. The van der Waals surface area contributed by atoms with E-state index in [0.717, 1.165) is 28.1 Å². The second-order valence-electron chi connectivity index (χ2n) is 7.39. The number of fused-ring (bicyclic) bond motifs is 1. The zero-order valence-corrected chi connectivity index (χ0v) is 17.8. The molecule has 0 aromatic carbocycles. The Labute approximate surface area is 173 Å². The molecule has 1 amide bonds. The molecule has 0 spiro atoms. The van der Waals surface area contributed by atoms with Crippen LogP contribution in [0.4, 0.5) is 0 Å². The molecule has 6 nitrogen and oxygen atoms in total. The zero-order chi connectivity index (χ0) is 20.5. The van der Waals surface area contributed by atoms with Gasteiger partial charge in [-0.1, -0.05) is 0 Å². The number of nitrogens with one attached hydrogen (secondary N) is 1. The summed E-state index contributed by atoms with van der Waals surface area (Å²) in [7, 11) is 0.